The standard InChI is InChI=1S/C12H13BrN2O3/c13-7-3-4-8(9(14)6-7)11(16)15-5-1-2-10(15)12(17)18/h3-4,6,10H,1-2,5,14H2,(H,17,18). The Bertz CT molecular complexity index is 504. The largest absolute Gasteiger partial charge is 0.480 e. The highest BCUT2D eigenvalue weighted by atomic mass is 79.9. The molecule has 1 atom stereocenters. The van der Waals surface area contributed by atoms with Crippen LogP contribution < -0.4 is 5.73 Å². The van der Waals surface area contributed by atoms with Gasteiger partial charge in [0, 0.05) is 16.7 Å². The van der Waals surface area contributed by atoms with Crippen molar-refractivity contribution >= 4 is 33.5 Å². The number of likely N-dealkylation sites (tertiary alicyclic amines) is 1. The van der Waals surface area contributed by atoms with E-state index in [0.29, 0.717) is 30.6 Å². The topological polar surface area (TPSA) is 83.6 Å². The van der Waals surface area contributed by atoms with Gasteiger partial charge in [-0.1, -0.05) is 15.9 Å². The summed E-state index contributed by atoms with van der Waals surface area (Å²) in [5.41, 5.74) is 6.49. The number of rotatable bonds is 2. The number of halogens is 1. The van der Waals surface area contributed by atoms with E-state index in [9.17, 15) is 9.59 Å². The molecule has 96 valence electrons. The normalized spacial score (nSPS) is 18.9. The molecular formula is C12H13BrN2O3. The van der Waals surface area contributed by atoms with Gasteiger partial charge in [0.1, 0.15) is 6.04 Å². The third-order valence-corrected chi connectivity index (χ3v) is 3.54. The van der Waals surface area contributed by atoms with Crippen molar-refractivity contribution in [1.29, 1.82) is 0 Å². The van der Waals surface area contributed by atoms with Crippen LogP contribution in [0.1, 0.15) is 23.2 Å². The summed E-state index contributed by atoms with van der Waals surface area (Å²) in [5.74, 6) is -1.28. The van der Waals surface area contributed by atoms with E-state index >= 15 is 0 Å². The van der Waals surface area contributed by atoms with Gasteiger partial charge in [0.05, 0.1) is 5.56 Å². The SMILES string of the molecule is Nc1cc(Br)ccc1C(=O)N1CCCC1C(=O)O. The van der Waals surface area contributed by atoms with Crippen molar-refractivity contribution in [3.05, 3.63) is 28.2 Å². The van der Waals surface area contributed by atoms with Crippen LogP contribution in [-0.4, -0.2) is 34.5 Å². The number of hydrogen-bond acceptors (Lipinski definition) is 3. The lowest BCUT2D eigenvalue weighted by atomic mass is 10.1. The smallest absolute Gasteiger partial charge is 0.326 e. The van der Waals surface area contributed by atoms with Crippen molar-refractivity contribution in [3.8, 4) is 0 Å². The van der Waals surface area contributed by atoms with E-state index in [1.807, 2.05) is 0 Å². The molecule has 0 saturated carbocycles. The first kappa shape index (κ1) is 12.9. The summed E-state index contributed by atoms with van der Waals surface area (Å²) in [7, 11) is 0. The van der Waals surface area contributed by atoms with Crippen molar-refractivity contribution in [1.82, 2.24) is 4.90 Å². The predicted molar refractivity (Wildman–Crippen MR) is 70.2 cm³/mol. The summed E-state index contributed by atoms with van der Waals surface area (Å²) in [6, 6.07) is 4.23. The van der Waals surface area contributed by atoms with Crippen LogP contribution in [0.2, 0.25) is 0 Å². The van der Waals surface area contributed by atoms with Crippen molar-refractivity contribution in [2.24, 2.45) is 0 Å². The van der Waals surface area contributed by atoms with Crippen LogP contribution >= 0.6 is 15.9 Å². The summed E-state index contributed by atoms with van der Waals surface area (Å²) in [4.78, 5) is 24.7. The molecule has 18 heavy (non-hydrogen) atoms. The average molecular weight is 313 g/mol. The van der Waals surface area contributed by atoms with Gasteiger partial charge in [-0.2, -0.15) is 0 Å². The molecule has 1 amide bonds. The minimum atomic E-state index is -0.962. The highest BCUT2D eigenvalue weighted by Crippen LogP contribution is 2.24. The van der Waals surface area contributed by atoms with Crippen molar-refractivity contribution in [2.75, 3.05) is 12.3 Å². The third-order valence-electron chi connectivity index (χ3n) is 3.04. The number of carboxylic acid groups (broad SMARTS) is 1. The Hall–Kier alpha value is -1.56. The Labute approximate surface area is 113 Å². The van der Waals surface area contributed by atoms with E-state index in [-0.39, 0.29) is 5.91 Å². The van der Waals surface area contributed by atoms with Gasteiger partial charge < -0.3 is 15.7 Å². The lowest BCUT2D eigenvalue weighted by molar-refractivity contribution is -0.141. The van der Waals surface area contributed by atoms with Crippen LogP contribution in [0.15, 0.2) is 22.7 Å². The lowest BCUT2D eigenvalue weighted by Crippen LogP contribution is -2.40. The van der Waals surface area contributed by atoms with Gasteiger partial charge in [0.15, 0.2) is 0 Å². The molecule has 3 N–H and O–H groups in total. The van der Waals surface area contributed by atoms with E-state index in [2.05, 4.69) is 15.9 Å². The number of nitrogens with two attached hydrogens (primary N) is 1. The highest BCUT2D eigenvalue weighted by molar-refractivity contribution is 9.10. The third kappa shape index (κ3) is 2.33. The summed E-state index contributed by atoms with van der Waals surface area (Å²) in [6.07, 6.45) is 1.21. The molecule has 0 radical (unpaired) electrons. The summed E-state index contributed by atoms with van der Waals surface area (Å²) in [6.45, 7) is 0.464. The van der Waals surface area contributed by atoms with Crippen molar-refractivity contribution < 1.29 is 14.7 Å². The first-order chi connectivity index (χ1) is 8.50. The van der Waals surface area contributed by atoms with Crippen molar-refractivity contribution in [3.63, 3.8) is 0 Å². The molecular weight excluding hydrogens is 300 g/mol. The molecule has 1 unspecified atom stereocenters. The number of carbonyl (C=O) groups excluding carboxylic acids is 1. The average Bonchev–Trinajstić information content (AvgIpc) is 2.77. The molecule has 1 aromatic rings. The number of carboxylic acids is 1. The van der Waals surface area contributed by atoms with Crippen molar-refractivity contribution in [2.45, 2.75) is 18.9 Å². The molecule has 1 saturated heterocycles. The summed E-state index contributed by atoms with van der Waals surface area (Å²) >= 11 is 3.26. The fraction of sp³-hybridized carbons (Fsp3) is 0.333. The van der Waals surface area contributed by atoms with E-state index < -0.39 is 12.0 Å². The lowest BCUT2D eigenvalue weighted by Gasteiger charge is -2.22. The van der Waals surface area contributed by atoms with E-state index in [0.717, 1.165) is 4.47 Å². The maximum Gasteiger partial charge on any atom is 0.326 e. The molecule has 6 heteroatoms. The number of anilines is 1. The maximum absolute atomic E-state index is 12.3. The van der Waals surface area contributed by atoms with Gasteiger partial charge in [-0.15, -0.1) is 0 Å². The second-order valence-electron chi connectivity index (χ2n) is 4.23. The molecule has 1 heterocycles. The van der Waals surface area contributed by atoms with Crippen LogP contribution in [-0.2, 0) is 4.79 Å². The molecule has 2 rings (SSSR count). The van der Waals surface area contributed by atoms with Gasteiger partial charge in [-0.05, 0) is 31.0 Å². The minimum Gasteiger partial charge on any atom is -0.480 e. The first-order valence-corrected chi connectivity index (χ1v) is 6.39. The fourth-order valence-electron chi connectivity index (χ4n) is 2.15. The second kappa shape index (κ2) is 4.97. The molecule has 0 bridgehead atoms. The van der Waals surface area contributed by atoms with E-state index in [1.165, 1.54) is 4.90 Å². The summed E-state index contributed by atoms with van der Waals surface area (Å²) in [5, 5.41) is 9.06. The van der Waals surface area contributed by atoms with Crippen LogP contribution in [0.5, 0.6) is 0 Å². The molecule has 1 aliphatic rings. The predicted octanol–water partition coefficient (Wildman–Crippen LogP) is 1.72. The number of nitrogen functional groups attached to an aromatic ring is 1. The second-order valence-corrected chi connectivity index (χ2v) is 5.14. The zero-order valence-corrected chi connectivity index (χ0v) is 11.2. The number of benzene rings is 1. The molecule has 0 aromatic heterocycles. The van der Waals surface area contributed by atoms with Gasteiger partial charge in [0.2, 0.25) is 0 Å². The first-order valence-electron chi connectivity index (χ1n) is 5.59. The van der Waals surface area contributed by atoms with Crippen LogP contribution in [0, 0.1) is 0 Å². The highest BCUT2D eigenvalue weighted by Gasteiger charge is 2.34. The zero-order chi connectivity index (χ0) is 13.3. The Morgan fingerprint density at radius 3 is 2.78 bits per heavy atom. The number of carbonyl (C=O) groups is 2. The van der Waals surface area contributed by atoms with Gasteiger partial charge in [0.25, 0.3) is 5.91 Å². The Balaban J connectivity index is 2.28. The summed E-state index contributed by atoms with van der Waals surface area (Å²) < 4.78 is 0.785. The number of nitrogens with zero attached hydrogens (tertiary/aromatic N) is 1. The van der Waals surface area contributed by atoms with Gasteiger partial charge in [-0.3, -0.25) is 4.79 Å². The zero-order valence-electron chi connectivity index (χ0n) is 9.60. The maximum atomic E-state index is 12.3. The molecule has 0 aliphatic carbocycles. The molecule has 1 aliphatic heterocycles. The van der Waals surface area contributed by atoms with Crippen LogP contribution in [0.3, 0.4) is 0 Å². The van der Waals surface area contributed by atoms with Gasteiger partial charge in [-0.25, -0.2) is 4.79 Å². The minimum absolute atomic E-state index is 0.315. The van der Waals surface area contributed by atoms with Gasteiger partial charge >= 0.3 is 5.97 Å². The number of hydrogen-bond donors (Lipinski definition) is 2. The number of aliphatic carboxylic acids is 1. The molecule has 1 fully saturated rings. The van der Waals surface area contributed by atoms with E-state index in [1.54, 1.807) is 18.2 Å². The fourth-order valence-corrected chi connectivity index (χ4v) is 2.53. The number of amides is 1. The Kier molecular flexibility index (Phi) is 3.56. The molecule has 5 nitrogen and oxygen atoms in total. The Morgan fingerprint density at radius 2 is 2.17 bits per heavy atom. The van der Waals surface area contributed by atoms with E-state index in [4.69, 9.17) is 10.8 Å². The monoisotopic (exact) mass is 312 g/mol. The molecule has 0 spiro atoms. The quantitative estimate of drug-likeness (QED) is 0.814. The Morgan fingerprint density at radius 1 is 1.44 bits per heavy atom. The van der Waals surface area contributed by atoms with Crippen LogP contribution in [0.25, 0.3) is 0 Å². The molecule has 1 aromatic carbocycles. The van der Waals surface area contributed by atoms with Crippen LogP contribution in [0.4, 0.5) is 5.69 Å².